The molecular weight excluding hydrogens is 152 g/mol. The highest BCUT2D eigenvalue weighted by Crippen LogP contribution is 2.21. The average molecular weight is 170 g/mol. The Balaban J connectivity index is 2.52. The van der Waals surface area contributed by atoms with Crippen molar-refractivity contribution >= 4 is 5.78 Å². The molecule has 0 aromatic rings. The summed E-state index contributed by atoms with van der Waals surface area (Å²) >= 11 is 0. The van der Waals surface area contributed by atoms with Crippen LogP contribution in [0.5, 0.6) is 0 Å². The zero-order valence-electron chi connectivity index (χ0n) is 8.17. The van der Waals surface area contributed by atoms with Crippen LogP contribution in [0.15, 0.2) is 0 Å². The van der Waals surface area contributed by atoms with Gasteiger partial charge in [0.25, 0.3) is 0 Å². The van der Waals surface area contributed by atoms with Gasteiger partial charge in [0.2, 0.25) is 0 Å². The fourth-order valence-corrected chi connectivity index (χ4v) is 1.63. The van der Waals surface area contributed by atoms with Crippen LogP contribution in [-0.2, 0) is 9.53 Å². The summed E-state index contributed by atoms with van der Waals surface area (Å²) in [6, 6.07) is 0. The van der Waals surface area contributed by atoms with E-state index >= 15 is 0 Å². The smallest absolute Gasteiger partial charge is 0.135 e. The first-order valence-electron chi connectivity index (χ1n) is 4.76. The Morgan fingerprint density at radius 1 is 1.50 bits per heavy atom. The van der Waals surface area contributed by atoms with Gasteiger partial charge in [0.15, 0.2) is 0 Å². The molecule has 2 heteroatoms. The molecule has 0 unspecified atom stereocenters. The first-order valence-corrected chi connectivity index (χ1v) is 4.76. The van der Waals surface area contributed by atoms with Gasteiger partial charge in [0.05, 0.1) is 12.2 Å². The van der Waals surface area contributed by atoms with Gasteiger partial charge in [-0.05, 0) is 19.3 Å². The normalized spacial score (nSPS) is 32.2. The van der Waals surface area contributed by atoms with Gasteiger partial charge in [-0.3, -0.25) is 4.79 Å². The van der Waals surface area contributed by atoms with E-state index in [0.717, 1.165) is 6.42 Å². The van der Waals surface area contributed by atoms with Gasteiger partial charge in [-0.2, -0.15) is 0 Å². The van der Waals surface area contributed by atoms with Gasteiger partial charge in [0, 0.05) is 12.8 Å². The summed E-state index contributed by atoms with van der Waals surface area (Å²) in [6.45, 7) is 6.28. The van der Waals surface area contributed by atoms with Gasteiger partial charge in [-0.25, -0.2) is 0 Å². The van der Waals surface area contributed by atoms with E-state index in [0.29, 0.717) is 24.5 Å². The van der Waals surface area contributed by atoms with Crippen molar-refractivity contribution in [1.29, 1.82) is 0 Å². The van der Waals surface area contributed by atoms with Crippen LogP contribution in [0.25, 0.3) is 0 Å². The Hall–Kier alpha value is -0.370. The molecule has 1 aliphatic rings. The molecule has 0 aromatic heterocycles. The Morgan fingerprint density at radius 3 is 2.75 bits per heavy atom. The van der Waals surface area contributed by atoms with Crippen molar-refractivity contribution in [3.63, 3.8) is 0 Å². The van der Waals surface area contributed by atoms with E-state index in [4.69, 9.17) is 4.74 Å². The molecule has 1 saturated heterocycles. The molecule has 70 valence electrons. The Kier molecular flexibility index (Phi) is 3.27. The molecule has 0 spiro atoms. The predicted molar refractivity (Wildman–Crippen MR) is 48.0 cm³/mol. The first-order chi connectivity index (χ1) is 5.59. The number of carbonyl (C=O) groups is 1. The predicted octanol–water partition coefficient (Wildman–Crippen LogP) is 2.17. The Morgan fingerprint density at radius 2 is 2.17 bits per heavy atom. The highest BCUT2D eigenvalue weighted by Gasteiger charge is 2.23. The molecule has 12 heavy (non-hydrogen) atoms. The molecule has 1 aliphatic heterocycles. The maximum atomic E-state index is 11.2. The standard InChI is InChI=1S/C10H18O2/c1-7(2)10-5-4-9(11)6-8(3)12-10/h7-8,10H,4-6H2,1-3H3/t8-,10-/m0/s1. The van der Waals surface area contributed by atoms with Gasteiger partial charge >= 0.3 is 0 Å². The molecule has 0 aromatic carbocycles. The number of rotatable bonds is 1. The fourth-order valence-electron chi connectivity index (χ4n) is 1.63. The SMILES string of the molecule is CC(C)[C@@H]1CCC(=O)C[C@H](C)O1. The van der Waals surface area contributed by atoms with Gasteiger partial charge in [-0.1, -0.05) is 13.8 Å². The topological polar surface area (TPSA) is 26.3 Å². The zero-order chi connectivity index (χ0) is 9.14. The van der Waals surface area contributed by atoms with E-state index in [2.05, 4.69) is 13.8 Å². The van der Waals surface area contributed by atoms with Crippen molar-refractivity contribution in [2.75, 3.05) is 0 Å². The van der Waals surface area contributed by atoms with Crippen LogP contribution in [-0.4, -0.2) is 18.0 Å². The van der Waals surface area contributed by atoms with E-state index in [1.807, 2.05) is 6.92 Å². The summed E-state index contributed by atoms with van der Waals surface area (Å²) in [7, 11) is 0. The third-order valence-corrected chi connectivity index (χ3v) is 2.37. The van der Waals surface area contributed by atoms with Crippen LogP contribution in [0, 0.1) is 5.92 Å². The van der Waals surface area contributed by atoms with Crippen molar-refractivity contribution in [2.24, 2.45) is 5.92 Å². The van der Waals surface area contributed by atoms with Crippen LogP contribution in [0.3, 0.4) is 0 Å². The van der Waals surface area contributed by atoms with E-state index in [1.165, 1.54) is 0 Å². The van der Waals surface area contributed by atoms with Gasteiger partial charge in [-0.15, -0.1) is 0 Å². The van der Waals surface area contributed by atoms with Crippen LogP contribution in [0.1, 0.15) is 40.0 Å². The summed E-state index contributed by atoms with van der Waals surface area (Å²) in [5.74, 6) is 0.879. The highest BCUT2D eigenvalue weighted by molar-refractivity contribution is 5.79. The summed E-state index contributed by atoms with van der Waals surface area (Å²) in [5.41, 5.74) is 0. The lowest BCUT2D eigenvalue weighted by Gasteiger charge is -2.21. The molecular formula is C10H18O2. The van der Waals surface area contributed by atoms with Gasteiger partial charge in [0.1, 0.15) is 5.78 Å². The van der Waals surface area contributed by atoms with E-state index in [1.54, 1.807) is 0 Å². The maximum absolute atomic E-state index is 11.2. The number of hydrogen-bond acceptors (Lipinski definition) is 2. The molecule has 1 heterocycles. The minimum absolute atomic E-state index is 0.118. The zero-order valence-corrected chi connectivity index (χ0v) is 8.17. The largest absolute Gasteiger partial charge is 0.375 e. The van der Waals surface area contributed by atoms with Crippen molar-refractivity contribution in [3.05, 3.63) is 0 Å². The van der Waals surface area contributed by atoms with Crippen molar-refractivity contribution in [2.45, 2.75) is 52.2 Å². The number of ether oxygens (including phenoxy) is 1. The average Bonchev–Trinajstić information content (AvgIpc) is 2.11. The number of hydrogen-bond donors (Lipinski definition) is 0. The molecule has 1 rings (SSSR count). The summed E-state index contributed by atoms with van der Waals surface area (Å²) in [5, 5.41) is 0. The minimum Gasteiger partial charge on any atom is -0.375 e. The van der Waals surface area contributed by atoms with Crippen LogP contribution >= 0.6 is 0 Å². The minimum atomic E-state index is 0.118. The van der Waals surface area contributed by atoms with E-state index < -0.39 is 0 Å². The van der Waals surface area contributed by atoms with Crippen LogP contribution in [0.4, 0.5) is 0 Å². The molecule has 0 N–H and O–H groups in total. The second-order valence-electron chi connectivity index (χ2n) is 4.01. The molecule has 0 radical (unpaired) electrons. The van der Waals surface area contributed by atoms with Crippen LogP contribution in [0.2, 0.25) is 0 Å². The maximum Gasteiger partial charge on any atom is 0.135 e. The Bertz CT molecular complexity index is 163. The molecule has 0 bridgehead atoms. The Labute approximate surface area is 74.3 Å². The summed E-state index contributed by atoms with van der Waals surface area (Å²) in [4.78, 5) is 11.2. The first kappa shape index (κ1) is 9.72. The molecule has 2 atom stereocenters. The monoisotopic (exact) mass is 170 g/mol. The van der Waals surface area contributed by atoms with E-state index in [9.17, 15) is 4.79 Å². The third-order valence-electron chi connectivity index (χ3n) is 2.37. The van der Waals surface area contributed by atoms with Crippen molar-refractivity contribution in [3.8, 4) is 0 Å². The fraction of sp³-hybridized carbons (Fsp3) is 0.900. The number of carbonyl (C=O) groups excluding carboxylic acids is 1. The highest BCUT2D eigenvalue weighted by atomic mass is 16.5. The third kappa shape index (κ3) is 2.59. The second kappa shape index (κ2) is 4.04. The number of Topliss-reactive ketones (excluding diaryl/α,β-unsaturated/α-hetero) is 1. The van der Waals surface area contributed by atoms with Crippen molar-refractivity contribution in [1.82, 2.24) is 0 Å². The van der Waals surface area contributed by atoms with Crippen LogP contribution < -0.4 is 0 Å². The molecule has 0 saturated carbocycles. The molecule has 0 amide bonds. The number of ketones is 1. The molecule has 2 nitrogen and oxygen atoms in total. The van der Waals surface area contributed by atoms with Crippen molar-refractivity contribution < 1.29 is 9.53 Å². The molecule has 1 fully saturated rings. The lowest BCUT2D eigenvalue weighted by molar-refractivity contribution is -0.120. The summed E-state index contributed by atoms with van der Waals surface area (Å²) < 4.78 is 5.72. The molecule has 0 aliphatic carbocycles. The second-order valence-corrected chi connectivity index (χ2v) is 4.01. The summed E-state index contributed by atoms with van der Waals surface area (Å²) in [6.07, 6.45) is 2.61. The lowest BCUT2D eigenvalue weighted by atomic mass is 10.0. The van der Waals surface area contributed by atoms with E-state index in [-0.39, 0.29) is 12.2 Å². The quantitative estimate of drug-likeness (QED) is 0.603. The van der Waals surface area contributed by atoms with Gasteiger partial charge < -0.3 is 4.74 Å². The lowest BCUT2D eigenvalue weighted by Crippen LogP contribution is -2.22.